The Hall–Kier alpha value is -2.87. The SMILES string of the molecule is CCOCc1ccc(CNC(=NC)N2CCN(c3cnn(C)c3)C(=O)C2)cc1. The predicted molar refractivity (Wildman–Crippen MR) is 109 cm³/mol. The molecule has 0 radical (unpaired) electrons. The highest BCUT2D eigenvalue weighted by atomic mass is 16.5. The zero-order valence-electron chi connectivity index (χ0n) is 16.8. The molecule has 1 saturated heterocycles. The number of ether oxygens (including phenoxy) is 1. The number of hydrogen-bond acceptors (Lipinski definition) is 4. The van der Waals surface area contributed by atoms with Crippen LogP contribution < -0.4 is 10.2 Å². The van der Waals surface area contributed by atoms with Crippen LogP contribution in [0.1, 0.15) is 18.1 Å². The molecule has 1 N–H and O–H groups in total. The maximum atomic E-state index is 12.6. The topological polar surface area (TPSA) is 75.0 Å². The number of carbonyl (C=O) groups excluding carboxylic acids is 1. The number of piperazine rings is 1. The maximum Gasteiger partial charge on any atom is 0.246 e. The summed E-state index contributed by atoms with van der Waals surface area (Å²) < 4.78 is 7.13. The van der Waals surface area contributed by atoms with Crippen molar-refractivity contribution in [1.29, 1.82) is 0 Å². The van der Waals surface area contributed by atoms with Crippen LogP contribution in [-0.2, 0) is 29.7 Å². The number of carbonyl (C=O) groups is 1. The molecular weight excluding hydrogens is 356 g/mol. The van der Waals surface area contributed by atoms with Crippen molar-refractivity contribution in [3.63, 3.8) is 0 Å². The van der Waals surface area contributed by atoms with Crippen molar-refractivity contribution < 1.29 is 9.53 Å². The smallest absolute Gasteiger partial charge is 0.246 e. The van der Waals surface area contributed by atoms with Crippen LogP contribution in [0.5, 0.6) is 0 Å². The molecular formula is C20H28N6O2. The van der Waals surface area contributed by atoms with E-state index in [0.29, 0.717) is 39.4 Å². The van der Waals surface area contributed by atoms with Gasteiger partial charge in [-0.25, -0.2) is 0 Å². The number of aryl methyl sites for hydroxylation is 1. The van der Waals surface area contributed by atoms with Gasteiger partial charge in [-0.1, -0.05) is 24.3 Å². The lowest BCUT2D eigenvalue weighted by atomic mass is 10.1. The lowest BCUT2D eigenvalue weighted by Gasteiger charge is -2.35. The largest absolute Gasteiger partial charge is 0.377 e. The predicted octanol–water partition coefficient (Wildman–Crippen LogP) is 1.38. The van der Waals surface area contributed by atoms with Gasteiger partial charge in [0.05, 0.1) is 18.5 Å². The van der Waals surface area contributed by atoms with Gasteiger partial charge >= 0.3 is 0 Å². The summed E-state index contributed by atoms with van der Waals surface area (Å²) in [4.78, 5) is 20.7. The zero-order chi connectivity index (χ0) is 19.9. The van der Waals surface area contributed by atoms with E-state index < -0.39 is 0 Å². The van der Waals surface area contributed by atoms with E-state index in [4.69, 9.17) is 4.74 Å². The number of anilines is 1. The van der Waals surface area contributed by atoms with Gasteiger partial charge < -0.3 is 19.9 Å². The standard InChI is InChI=1S/C20H28N6O2/c1-4-28-15-17-7-5-16(6-8-17)11-22-20(21-2)25-9-10-26(19(27)14-25)18-12-23-24(3)13-18/h5-8,12-13H,4,9-11,14-15H2,1-3H3,(H,21,22). The first-order valence-corrected chi connectivity index (χ1v) is 9.51. The first-order valence-electron chi connectivity index (χ1n) is 9.51. The normalized spacial score (nSPS) is 15.2. The number of hydrogen-bond donors (Lipinski definition) is 1. The van der Waals surface area contributed by atoms with Gasteiger partial charge in [0, 0.05) is 46.5 Å². The molecule has 0 bridgehead atoms. The molecule has 0 atom stereocenters. The van der Waals surface area contributed by atoms with E-state index in [2.05, 4.69) is 39.7 Å². The van der Waals surface area contributed by atoms with E-state index in [1.54, 1.807) is 22.8 Å². The van der Waals surface area contributed by atoms with Gasteiger partial charge in [-0.3, -0.25) is 14.5 Å². The summed E-state index contributed by atoms with van der Waals surface area (Å²) in [5.74, 6) is 0.778. The van der Waals surface area contributed by atoms with Crippen molar-refractivity contribution in [3.05, 3.63) is 47.8 Å². The maximum absolute atomic E-state index is 12.6. The lowest BCUT2D eigenvalue weighted by Crippen LogP contribution is -2.55. The molecule has 2 aromatic rings. The number of aromatic nitrogens is 2. The van der Waals surface area contributed by atoms with E-state index in [9.17, 15) is 4.79 Å². The van der Waals surface area contributed by atoms with Gasteiger partial charge in [0.1, 0.15) is 6.54 Å². The van der Waals surface area contributed by atoms with Crippen molar-refractivity contribution >= 4 is 17.6 Å². The van der Waals surface area contributed by atoms with E-state index >= 15 is 0 Å². The van der Waals surface area contributed by atoms with Crippen LogP contribution in [0.25, 0.3) is 0 Å². The van der Waals surface area contributed by atoms with Crippen LogP contribution in [-0.4, -0.2) is 59.8 Å². The minimum absolute atomic E-state index is 0.0440. The molecule has 0 saturated carbocycles. The van der Waals surface area contributed by atoms with Crippen LogP contribution in [0.3, 0.4) is 0 Å². The zero-order valence-corrected chi connectivity index (χ0v) is 16.8. The summed E-state index contributed by atoms with van der Waals surface area (Å²) in [5, 5.41) is 7.50. The summed E-state index contributed by atoms with van der Waals surface area (Å²) in [6.07, 6.45) is 3.58. The summed E-state index contributed by atoms with van der Waals surface area (Å²) in [6, 6.07) is 8.32. The fraction of sp³-hybridized carbons (Fsp3) is 0.450. The molecule has 1 aromatic carbocycles. The number of benzene rings is 1. The first-order chi connectivity index (χ1) is 13.6. The van der Waals surface area contributed by atoms with Gasteiger partial charge in [0.25, 0.3) is 0 Å². The number of nitrogens with one attached hydrogen (secondary N) is 1. The molecule has 1 aliphatic rings. The highest BCUT2D eigenvalue weighted by molar-refractivity contribution is 5.98. The third-order valence-electron chi connectivity index (χ3n) is 4.68. The summed E-state index contributed by atoms with van der Waals surface area (Å²) in [5.41, 5.74) is 3.15. The second-order valence-corrected chi connectivity index (χ2v) is 6.69. The Kier molecular flexibility index (Phi) is 6.65. The van der Waals surface area contributed by atoms with Crippen molar-refractivity contribution in [2.24, 2.45) is 12.0 Å². The van der Waals surface area contributed by atoms with E-state index in [1.807, 2.05) is 25.1 Å². The summed E-state index contributed by atoms with van der Waals surface area (Å²) >= 11 is 0. The summed E-state index contributed by atoms with van der Waals surface area (Å²) in [7, 11) is 3.59. The molecule has 1 aliphatic heterocycles. The van der Waals surface area contributed by atoms with Gasteiger partial charge in [0.15, 0.2) is 5.96 Å². The lowest BCUT2D eigenvalue weighted by molar-refractivity contribution is -0.120. The van der Waals surface area contributed by atoms with Crippen molar-refractivity contribution in [3.8, 4) is 0 Å². The molecule has 2 heterocycles. The van der Waals surface area contributed by atoms with Gasteiger partial charge in [-0.2, -0.15) is 5.10 Å². The van der Waals surface area contributed by atoms with E-state index in [1.165, 1.54) is 0 Å². The molecule has 0 spiro atoms. The fourth-order valence-corrected chi connectivity index (χ4v) is 3.16. The summed E-state index contributed by atoms with van der Waals surface area (Å²) in [6.45, 7) is 5.61. The molecule has 8 nitrogen and oxygen atoms in total. The van der Waals surface area contributed by atoms with Crippen LogP contribution in [0.4, 0.5) is 5.69 Å². The van der Waals surface area contributed by atoms with Crippen molar-refractivity contribution in [1.82, 2.24) is 20.0 Å². The Balaban J connectivity index is 1.54. The van der Waals surface area contributed by atoms with E-state index in [-0.39, 0.29) is 5.91 Å². The highest BCUT2D eigenvalue weighted by Crippen LogP contribution is 2.16. The van der Waals surface area contributed by atoms with Gasteiger partial charge in [-0.15, -0.1) is 0 Å². The minimum atomic E-state index is 0.0440. The Morgan fingerprint density at radius 2 is 2.00 bits per heavy atom. The average molecular weight is 384 g/mol. The second kappa shape index (κ2) is 9.36. The molecule has 1 fully saturated rings. The van der Waals surface area contributed by atoms with Crippen molar-refractivity contribution in [2.45, 2.75) is 20.1 Å². The Morgan fingerprint density at radius 1 is 1.25 bits per heavy atom. The number of amides is 1. The number of guanidine groups is 1. The molecule has 8 heteroatoms. The molecule has 0 aliphatic carbocycles. The van der Waals surface area contributed by atoms with Gasteiger partial charge in [-0.05, 0) is 18.1 Å². The Morgan fingerprint density at radius 3 is 2.61 bits per heavy atom. The van der Waals surface area contributed by atoms with Gasteiger partial charge in [0.2, 0.25) is 5.91 Å². The molecule has 1 amide bonds. The number of aliphatic imine (C=N–C) groups is 1. The molecule has 0 unspecified atom stereocenters. The first kappa shape index (κ1) is 19.9. The van der Waals surface area contributed by atoms with E-state index in [0.717, 1.165) is 22.8 Å². The monoisotopic (exact) mass is 384 g/mol. The molecule has 150 valence electrons. The average Bonchev–Trinajstić information content (AvgIpc) is 3.14. The van der Waals surface area contributed by atoms with Crippen LogP contribution >= 0.6 is 0 Å². The Labute approximate surface area is 165 Å². The second-order valence-electron chi connectivity index (χ2n) is 6.69. The van der Waals surface area contributed by atoms with Crippen LogP contribution in [0, 0.1) is 0 Å². The third kappa shape index (κ3) is 4.89. The number of nitrogens with zero attached hydrogens (tertiary/aromatic N) is 5. The number of rotatable bonds is 6. The molecule has 28 heavy (non-hydrogen) atoms. The van der Waals surface area contributed by atoms with Crippen molar-refractivity contribution in [2.75, 3.05) is 38.2 Å². The highest BCUT2D eigenvalue weighted by Gasteiger charge is 2.27. The fourth-order valence-electron chi connectivity index (χ4n) is 3.16. The molecule has 3 rings (SSSR count). The van der Waals surface area contributed by atoms with Crippen LogP contribution in [0.2, 0.25) is 0 Å². The quantitative estimate of drug-likeness (QED) is 0.602. The van der Waals surface area contributed by atoms with Crippen LogP contribution in [0.15, 0.2) is 41.7 Å². The Bertz CT molecular complexity index is 814. The third-order valence-corrected chi connectivity index (χ3v) is 4.68. The molecule has 1 aromatic heterocycles. The minimum Gasteiger partial charge on any atom is -0.377 e.